The molecule has 0 aliphatic rings. The zero-order valence-electron chi connectivity index (χ0n) is 11.8. The zero-order chi connectivity index (χ0) is 14.7. The van der Waals surface area contributed by atoms with E-state index in [1.54, 1.807) is 18.3 Å². The molecule has 0 saturated heterocycles. The Kier molecular flexibility index (Phi) is 3.56. The van der Waals surface area contributed by atoms with Crippen molar-refractivity contribution in [3.8, 4) is 11.1 Å². The molecule has 1 heterocycles. The van der Waals surface area contributed by atoms with Gasteiger partial charge >= 0.3 is 0 Å². The van der Waals surface area contributed by atoms with E-state index >= 15 is 0 Å². The number of carbonyl (C=O) groups excluding carboxylic acids is 1. The third-order valence-corrected chi connectivity index (χ3v) is 3.42. The molecule has 3 heteroatoms. The number of aromatic nitrogens is 1. The molecule has 21 heavy (non-hydrogen) atoms. The summed E-state index contributed by atoms with van der Waals surface area (Å²) in [5.41, 5.74) is 4.79. The number of aromatic amines is 1. The average molecular weight is 276 g/mol. The van der Waals surface area contributed by atoms with E-state index in [1.165, 1.54) is 5.56 Å². The average Bonchev–Trinajstić information content (AvgIpc) is 3.04. The minimum absolute atomic E-state index is 0.136. The fraction of sp³-hybridized carbons (Fsp3) is 0.0556. The molecule has 3 nitrogen and oxygen atoms in total. The number of aryl methyl sites for hydroxylation is 1. The summed E-state index contributed by atoms with van der Waals surface area (Å²) in [6.45, 7) is 2.07. The number of hydrogen-bond donors (Lipinski definition) is 2. The molecule has 0 aliphatic heterocycles. The highest BCUT2D eigenvalue weighted by Crippen LogP contribution is 2.26. The Morgan fingerprint density at radius 1 is 1.00 bits per heavy atom. The number of hydrogen-bond acceptors (Lipinski definition) is 1. The fourth-order valence-corrected chi connectivity index (χ4v) is 2.30. The van der Waals surface area contributed by atoms with Crippen LogP contribution in [-0.4, -0.2) is 10.9 Å². The van der Waals surface area contributed by atoms with Crippen LogP contribution in [0.2, 0.25) is 0 Å². The molecule has 0 fully saturated rings. The van der Waals surface area contributed by atoms with Crippen LogP contribution in [0, 0.1) is 6.92 Å². The van der Waals surface area contributed by atoms with Crippen molar-refractivity contribution in [3.05, 3.63) is 78.1 Å². The molecule has 0 atom stereocenters. The molecule has 3 rings (SSSR count). The van der Waals surface area contributed by atoms with Crippen LogP contribution in [0.1, 0.15) is 16.1 Å². The monoisotopic (exact) mass is 276 g/mol. The van der Waals surface area contributed by atoms with Gasteiger partial charge in [-0.2, -0.15) is 0 Å². The van der Waals surface area contributed by atoms with Gasteiger partial charge in [0.25, 0.3) is 5.91 Å². The molecule has 0 unspecified atom stereocenters. The number of nitrogens with one attached hydrogen (secondary N) is 2. The Bertz CT molecular complexity index is 746. The number of anilines is 1. The van der Waals surface area contributed by atoms with Gasteiger partial charge in [-0.3, -0.25) is 4.79 Å². The predicted octanol–water partition coefficient (Wildman–Crippen LogP) is 4.24. The van der Waals surface area contributed by atoms with E-state index in [-0.39, 0.29) is 5.91 Å². The minimum atomic E-state index is -0.136. The molecule has 0 radical (unpaired) electrons. The Morgan fingerprint density at radius 3 is 2.52 bits per heavy atom. The second-order valence-electron chi connectivity index (χ2n) is 4.93. The second-order valence-corrected chi connectivity index (χ2v) is 4.93. The summed E-state index contributed by atoms with van der Waals surface area (Å²) in [6, 6.07) is 19.7. The van der Waals surface area contributed by atoms with Crippen molar-refractivity contribution in [2.75, 3.05) is 5.32 Å². The first-order valence-corrected chi connectivity index (χ1v) is 6.85. The van der Waals surface area contributed by atoms with Crippen LogP contribution in [0.3, 0.4) is 0 Å². The van der Waals surface area contributed by atoms with Crippen molar-refractivity contribution in [2.45, 2.75) is 6.92 Å². The van der Waals surface area contributed by atoms with Gasteiger partial charge in [-0.25, -0.2) is 0 Å². The Morgan fingerprint density at radius 2 is 1.81 bits per heavy atom. The maximum atomic E-state index is 12.1. The number of amides is 1. The van der Waals surface area contributed by atoms with Crippen LogP contribution in [0.15, 0.2) is 66.9 Å². The van der Waals surface area contributed by atoms with E-state index in [0.29, 0.717) is 5.69 Å². The van der Waals surface area contributed by atoms with Gasteiger partial charge in [0, 0.05) is 11.9 Å². The van der Waals surface area contributed by atoms with E-state index in [4.69, 9.17) is 0 Å². The molecule has 0 aliphatic carbocycles. The first-order valence-electron chi connectivity index (χ1n) is 6.85. The van der Waals surface area contributed by atoms with Crippen LogP contribution in [0.5, 0.6) is 0 Å². The topological polar surface area (TPSA) is 44.9 Å². The summed E-state index contributed by atoms with van der Waals surface area (Å²) in [7, 11) is 0. The third-order valence-electron chi connectivity index (χ3n) is 3.42. The van der Waals surface area contributed by atoms with Crippen LogP contribution in [0.25, 0.3) is 11.1 Å². The molecule has 3 aromatic rings. The van der Waals surface area contributed by atoms with Gasteiger partial charge in [-0.1, -0.05) is 36.4 Å². The van der Waals surface area contributed by atoms with Gasteiger partial charge in [-0.05, 0) is 47.9 Å². The van der Waals surface area contributed by atoms with E-state index in [0.717, 1.165) is 16.8 Å². The van der Waals surface area contributed by atoms with E-state index in [9.17, 15) is 4.79 Å². The summed E-state index contributed by atoms with van der Waals surface area (Å²) in [5, 5.41) is 2.91. The van der Waals surface area contributed by atoms with Crippen molar-refractivity contribution in [3.63, 3.8) is 0 Å². The quantitative estimate of drug-likeness (QED) is 0.738. The maximum Gasteiger partial charge on any atom is 0.272 e. The largest absolute Gasteiger partial charge is 0.357 e. The van der Waals surface area contributed by atoms with Crippen LogP contribution in [-0.2, 0) is 0 Å². The van der Waals surface area contributed by atoms with Gasteiger partial charge in [0.1, 0.15) is 5.69 Å². The van der Waals surface area contributed by atoms with Crippen LogP contribution >= 0.6 is 0 Å². The summed E-state index contributed by atoms with van der Waals surface area (Å²) in [4.78, 5) is 15.0. The molecule has 1 aromatic heterocycles. The summed E-state index contributed by atoms with van der Waals surface area (Å²) < 4.78 is 0. The lowest BCUT2D eigenvalue weighted by molar-refractivity contribution is 0.102. The molecular weight excluding hydrogens is 260 g/mol. The first kappa shape index (κ1) is 13.2. The van der Waals surface area contributed by atoms with Crippen molar-refractivity contribution in [1.82, 2.24) is 4.98 Å². The van der Waals surface area contributed by atoms with E-state index in [1.807, 2.05) is 36.4 Å². The lowest BCUT2D eigenvalue weighted by Gasteiger charge is -2.10. The molecule has 2 N–H and O–H groups in total. The highest BCUT2D eigenvalue weighted by molar-refractivity contribution is 6.03. The Balaban J connectivity index is 1.90. The van der Waals surface area contributed by atoms with Crippen molar-refractivity contribution in [1.29, 1.82) is 0 Å². The van der Waals surface area contributed by atoms with Gasteiger partial charge in [0.2, 0.25) is 0 Å². The molecule has 1 amide bonds. The predicted molar refractivity (Wildman–Crippen MR) is 85.4 cm³/mol. The number of rotatable bonds is 3. The van der Waals surface area contributed by atoms with Crippen LogP contribution in [0.4, 0.5) is 5.69 Å². The second kappa shape index (κ2) is 5.67. The lowest BCUT2D eigenvalue weighted by Crippen LogP contribution is -2.12. The Hall–Kier alpha value is -2.81. The van der Waals surface area contributed by atoms with Gasteiger partial charge in [0.15, 0.2) is 0 Å². The van der Waals surface area contributed by atoms with Crippen LogP contribution < -0.4 is 5.32 Å². The summed E-state index contributed by atoms with van der Waals surface area (Å²) in [5.74, 6) is -0.136. The van der Waals surface area contributed by atoms with Gasteiger partial charge < -0.3 is 10.3 Å². The molecular formula is C18H16N2O. The Labute approximate surface area is 123 Å². The number of H-pyrrole nitrogens is 1. The molecule has 104 valence electrons. The maximum absolute atomic E-state index is 12.1. The minimum Gasteiger partial charge on any atom is -0.357 e. The highest BCUT2D eigenvalue weighted by atomic mass is 16.1. The number of benzene rings is 2. The van der Waals surface area contributed by atoms with Gasteiger partial charge in [0.05, 0.1) is 0 Å². The summed E-state index contributed by atoms with van der Waals surface area (Å²) in [6.07, 6.45) is 1.74. The normalized spacial score (nSPS) is 10.3. The van der Waals surface area contributed by atoms with Crippen molar-refractivity contribution in [2.24, 2.45) is 0 Å². The molecule has 0 spiro atoms. The first-order chi connectivity index (χ1) is 10.2. The smallest absolute Gasteiger partial charge is 0.272 e. The number of carbonyl (C=O) groups is 1. The standard InChI is InChI=1S/C18H16N2O/c1-13-9-10-15(20-18(21)17-8-5-11-19-17)12-16(13)14-6-3-2-4-7-14/h2-12,19H,1H3,(H,20,21). The van der Waals surface area contributed by atoms with E-state index < -0.39 is 0 Å². The highest BCUT2D eigenvalue weighted by Gasteiger charge is 2.08. The fourth-order valence-electron chi connectivity index (χ4n) is 2.30. The molecule has 2 aromatic carbocycles. The van der Waals surface area contributed by atoms with Crippen molar-refractivity contribution < 1.29 is 4.79 Å². The third kappa shape index (κ3) is 2.87. The van der Waals surface area contributed by atoms with E-state index in [2.05, 4.69) is 29.4 Å². The van der Waals surface area contributed by atoms with Gasteiger partial charge in [-0.15, -0.1) is 0 Å². The SMILES string of the molecule is Cc1ccc(NC(=O)c2ccc[nH]2)cc1-c1ccccc1. The molecule has 0 saturated carbocycles. The molecule has 0 bridgehead atoms. The zero-order valence-corrected chi connectivity index (χ0v) is 11.8. The lowest BCUT2D eigenvalue weighted by atomic mass is 10.00. The summed E-state index contributed by atoms with van der Waals surface area (Å²) >= 11 is 0. The van der Waals surface area contributed by atoms with Crippen molar-refractivity contribution >= 4 is 11.6 Å².